The van der Waals surface area contributed by atoms with Crippen LogP contribution in [0.1, 0.15) is 17.0 Å². The Balaban J connectivity index is 2.24. The first-order valence-corrected chi connectivity index (χ1v) is 7.28. The summed E-state index contributed by atoms with van der Waals surface area (Å²) in [6, 6.07) is 10.0. The molecule has 0 amide bonds. The molecule has 0 bridgehead atoms. The molecule has 5 heteroatoms. The standard InChI is InChI=1S/C16H16Cl2FNO/c1-21-16-14(17)7-10(8-15(16)18)6-12(9-20)11-2-4-13(19)5-3-11/h2-5,7-8,12H,6,9,20H2,1H3. The minimum atomic E-state index is -0.259. The van der Waals surface area contributed by atoms with Crippen molar-refractivity contribution < 1.29 is 9.13 Å². The van der Waals surface area contributed by atoms with E-state index in [-0.39, 0.29) is 11.7 Å². The molecule has 0 aliphatic carbocycles. The van der Waals surface area contributed by atoms with Gasteiger partial charge >= 0.3 is 0 Å². The van der Waals surface area contributed by atoms with Gasteiger partial charge in [0, 0.05) is 5.92 Å². The fraction of sp³-hybridized carbons (Fsp3) is 0.250. The molecule has 21 heavy (non-hydrogen) atoms. The van der Waals surface area contributed by atoms with Gasteiger partial charge in [0.05, 0.1) is 17.2 Å². The molecule has 0 aromatic heterocycles. The molecular weight excluding hydrogens is 312 g/mol. The lowest BCUT2D eigenvalue weighted by molar-refractivity contribution is 0.415. The van der Waals surface area contributed by atoms with Crippen molar-refractivity contribution in [2.75, 3.05) is 13.7 Å². The van der Waals surface area contributed by atoms with Crippen molar-refractivity contribution in [1.29, 1.82) is 0 Å². The van der Waals surface area contributed by atoms with Gasteiger partial charge in [0.15, 0.2) is 5.75 Å². The summed E-state index contributed by atoms with van der Waals surface area (Å²) >= 11 is 12.3. The Morgan fingerprint density at radius 2 is 1.71 bits per heavy atom. The van der Waals surface area contributed by atoms with Crippen molar-refractivity contribution in [3.05, 3.63) is 63.4 Å². The number of halogens is 3. The van der Waals surface area contributed by atoms with Crippen LogP contribution < -0.4 is 10.5 Å². The average Bonchev–Trinajstić information content (AvgIpc) is 2.45. The van der Waals surface area contributed by atoms with E-state index in [1.807, 2.05) is 12.1 Å². The second-order valence-corrected chi connectivity index (χ2v) is 5.60. The molecule has 0 spiro atoms. The summed E-state index contributed by atoms with van der Waals surface area (Å²) in [6.07, 6.45) is 0.672. The normalized spacial score (nSPS) is 12.2. The summed E-state index contributed by atoms with van der Waals surface area (Å²) < 4.78 is 18.1. The molecule has 2 aromatic rings. The Morgan fingerprint density at radius 1 is 1.14 bits per heavy atom. The third kappa shape index (κ3) is 3.88. The van der Waals surface area contributed by atoms with Crippen LogP contribution in [0.3, 0.4) is 0 Å². The van der Waals surface area contributed by atoms with Crippen LogP contribution in [0.25, 0.3) is 0 Å². The highest BCUT2D eigenvalue weighted by molar-refractivity contribution is 6.37. The van der Waals surface area contributed by atoms with E-state index in [9.17, 15) is 4.39 Å². The van der Waals surface area contributed by atoms with E-state index in [0.717, 1.165) is 11.1 Å². The summed E-state index contributed by atoms with van der Waals surface area (Å²) in [5, 5.41) is 0.935. The Morgan fingerprint density at radius 3 is 2.19 bits per heavy atom. The molecule has 2 rings (SSSR count). The smallest absolute Gasteiger partial charge is 0.156 e. The molecule has 2 nitrogen and oxygen atoms in total. The number of hydrogen-bond donors (Lipinski definition) is 1. The minimum Gasteiger partial charge on any atom is -0.494 e. The van der Waals surface area contributed by atoms with Crippen LogP contribution in [0.15, 0.2) is 36.4 Å². The largest absolute Gasteiger partial charge is 0.494 e. The van der Waals surface area contributed by atoms with E-state index < -0.39 is 0 Å². The van der Waals surface area contributed by atoms with Crippen molar-refractivity contribution >= 4 is 23.2 Å². The van der Waals surface area contributed by atoms with Crippen LogP contribution in [0, 0.1) is 5.82 Å². The van der Waals surface area contributed by atoms with Crippen LogP contribution in [0.5, 0.6) is 5.75 Å². The Hall–Kier alpha value is -1.29. The molecule has 1 atom stereocenters. The molecule has 0 fully saturated rings. The molecule has 0 radical (unpaired) electrons. The topological polar surface area (TPSA) is 35.2 Å². The Bertz CT molecular complexity index is 593. The van der Waals surface area contributed by atoms with E-state index in [2.05, 4.69) is 0 Å². The lowest BCUT2D eigenvalue weighted by Crippen LogP contribution is -2.15. The second-order valence-electron chi connectivity index (χ2n) is 4.78. The van der Waals surface area contributed by atoms with Gasteiger partial charge in [-0.15, -0.1) is 0 Å². The maximum Gasteiger partial charge on any atom is 0.156 e. The van der Waals surface area contributed by atoms with Crippen molar-refractivity contribution in [2.45, 2.75) is 12.3 Å². The molecule has 1 unspecified atom stereocenters. The highest BCUT2D eigenvalue weighted by Gasteiger charge is 2.14. The van der Waals surface area contributed by atoms with E-state index in [1.165, 1.54) is 19.2 Å². The monoisotopic (exact) mass is 327 g/mol. The highest BCUT2D eigenvalue weighted by Crippen LogP contribution is 2.35. The van der Waals surface area contributed by atoms with E-state index >= 15 is 0 Å². The molecule has 112 valence electrons. The predicted octanol–water partition coefficient (Wildman–Crippen LogP) is 4.43. The lowest BCUT2D eigenvalue weighted by atomic mass is 9.92. The van der Waals surface area contributed by atoms with Gasteiger partial charge in [-0.2, -0.15) is 0 Å². The second kappa shape index (κ2) is 7.12. The first kappa shape index (κ1) is 16.1. The number of ether oxygens (including phenoxy) is 1. The molecule has 0 saturated carbocycles. The fourth-order valence-corrected chi connectivity index (χ4v) is 2.97. The molecule has 0 aliphatic heterocycles. The zero-order valence-corrected chi connectivity index (χ0v) is 13.1. The number of hydrogen-bond acceptors (Lipinski definition) is 2. The van der Waals surface area contributed by atoms with Crippen LogP contribution in [-0.2, 0) is 6.42 Å². The van der Waals surface area contributed by atoms with Gasteiger partial charge in [-0.3, -0.25) is 0 Å². The van der Waals surface area contributed by atoms with Crippen molar-refractivity contribution in [1.82, 2.24) is 0 Å². The highest BCUT2D eigenvalue weighted by atomic mass is 35.5. The SMILES string of the molecule is COc1c(Cl)cc(CC(CN)c2ccc(F)cc2)cc1Cl. The van der Waals surface area contributed by atoms with Crippen LogP contribution >= 0.6 is 23.2 Å². The van der Waals surface area contributed by atoms with Crippen molar-refractivity contribution in [3.63, 3.8) is 0 Å². The minimum absolute atomic E-state index is 0.0751. The molecule has 2 aromatic carbocycles. The zero-order chi connectivity index (χ0) is 15.4. The van der Waals surface area contributed by atoms with Crippen LogP contribution in [0.2, 0.25) is 10.0 Å². The summed E-state index contributed by atoms with van der Waals surface area (Å²) in [7, 11) is 1.52. The predicted molar refractivity (Wildman–Crippen MR) is 84.9 cm³/mol. The summed E-state index contributed by atoms with van der Waals surface area (Å²) in [4.78, 5) is 0. The van der Waals surface area contributed by atoms with Gasteiger partial charge in [0.2, 0.25) is 0 Å². The van der Waals surface area contributed by atoms with Gasteiger partial charge in [0.25, 0.3) is 0 Å². The third-order valence-electron chi connectivity index (χ3n) is 3.37. The Labute approximate surface area is 133 Å². The first-order valence-electron chi connectivity index (χ1n) is 6.52. The molecule has 0 saturated heterocycles. The van der Waals surface area contributed by atoms with E-state index in [4.69, 9.17) is 33.7 Å². The number of nitrogens with two attached hydrogens (primary N) is 1. The summed E-state index contributed by atoms with van der Waals surface area (Å²) in [5.41, 5.74) is 7.79. The molecule has 2 N–H and O–H groups in total. The van der Waals surface area contributed by atoms with Gasteiger partial charge in [0.1, 0.15) is 5.82 Å². The maximum absolute atomic E-state index is 13.0. The van der Waals surface area contributed by atoms with Gasteiger partial charge < -0.3 is 10.5 Å². The quantitative estimate of drug-likeness (QED) is 0.881. The third-order valence-corrected chi connectivity index (χ3v) is 3.93. The van der Waals surface area contributed by atoms with Gasteiger partial charge in [-0.1, -0.05) is 35.3 Å². The maximum atomic E-state index is 13.0. The number of rotatable bonds is 5. The van der Waals surface area contributed by atoms with Crippen molar-refractivity contribution in [2.24, 2.45) is 5.73 Å². The first-order chi connectivity index (χ1) is 10.0. The molecular formula is C16H16Cl2FNO. The lowest BCUT2D eigenvalue weighted by Gasteiger charge is -2.16. The van der Waals surface area contributed by atoms with Gasteiger partial charge in [-0.05, 0) is 48.4 Å². The molecule has 0 heterocycles. The van der Waals surface area contributed by atoms with Crippen LogP contribution in [0.4, 0.5) is 4.39 Å². The fourth-order valence-electron chi connectivity index (χ4n) is 2.28. The van der Waals surface area contributed by atoms with Crippen molar-refractivity contribution in [3.8, 4) is 5.75 Å². The van der Waals surface area contributed by atoms with E-state index in [0.29, 0.717) is 28.8 Å². The van der Waals surface area contributed by atoms with Crippen LogP contribution in [-0.4, -0.2) is 13.7 Å². The number of benzene rings is 2. The number of methoxy groups -OCH3 is 1. The summed E-state index contributed by atoms with van der Waals surface area (Å²) in [5.74, 6) is 0.282. The zero-order valence-electron chi connectivity index (χ0n) is 11.6. The Kier molecular flexibility index (Phi) is 5.45. The average molecular weight is 328 g/mol. The molecule has 0 aliphatic rings. The van der Waals surface area contributed by atoms with Gasteiger partial charge in [-0.25, -0.2) is 4.39 Å². The van der Waals surface area contributed by atoms with E-state index in [1.54, 1.807) is 12.1 Å². The summed E-state index contributed by atoms with van der Waals surface area (Å²) in [6.45, 7) is 0.451.